The maximum atomic E-state index is 11.8. The average Bonchev–Trinajstić information content (AvgIpc) is 2.85. The number of carbonyl (C=O) groups excluding carboxylic acids is 1. The molecule has 1 aromatic heterocycles. The van der Waals surface area contributed by atoms with Crippen molar-refractivity contribution in [3.8, 4) is 0 Å². The smallest absolute Gasteiger partial charge is 0.335 e. The first kappa shape index (κ1) is 13.8. The third kappa shape index (κ3) is 3.03. The predicted octanol–water partition coefficient (Wildman–Crippen LogP) is 1.65. The molecule has 0 bridgehead atoms. The number of aromatic nitrogens is 1. The zero-order valence-corrected chi connectivity index (χ0v) is 10.9. The topological polar surface area (TPSA) is 92.4 Å². The molecular formula is C14H14N2O4. The summed E-state index contributed by atoms with van der Waals surface area (Å²) in [5.41, 5.74) is 1.45. The van der Waals surface area contributed by atoms with Gasteiger partial charge in [-0.1, -0.05) is 18.2 Å². The molecule has 0 spiro atoms. The highest BCUT2D eigenvalue weighted by atomic mass is 16.4. The Kier molecular flexibility index (Phi) is 4.14. The molecule has 2 N–H and O–H groups in total. The molecule has 104 valence electrons. The summed E-state index contributed by atoms with van der Waals surface area (Å²) in [6, 6.07) is 6.71. The van der Waals surface area contributed by atoms with Gasteiger partial charge in [-0.05, 0) is 25.0 Å². The second-order valence-corrected chi connectivity index (χ2v) is 4.24. The molecule has 1 amide bonds. The third-order valence-electron chi connectivity index (χ3n) is 2.88. The molecule has 0 saturated carbocycles. The number of nitrogens with zero attached hydrogens (tertiary/aromatic N) is 1. The van der Waals surface area contributed by atoms with Gasteiger partial charge in [0.2, 0.25) is 5.76 Å². The number of carboxylic acid groups (broad SMARTS) is 1. The molecule has 0 fully saturated rings. The summed E-state index contributed by atoms with van der Waals surface area (Å²) in [7, 11) is 0. The lowest BCUT2D eigenvalue weighted by molar-refractivity contribution is 0.0695. The Hall–Kier alpha value is -2.63. The van der Waals surface area contributed by atoms with Gasteiger partial charge in [0, 0.05) is 6.54 Å². The molecule has 0 atom stereocenters. The Bertz CT molecular complexity index is 634. The standard InChI is InChI=1S/C14H14N2O4/c1-9-12(20-8-16-9)13(17)15-7-6-10-4-2-3-5-11(10)14(18)19/h2-5,8H,6-7H2,1H3,(H,15,17)(H,18,19). The van der Waals surface area contributed by atoms with Gasteiger partial charge in [0.15, 0.2) is 6.39 Å². The van der Waals surface area contributed by atoms with E-state index in [0.29, 0.717) is 24.2 Å². The Morgan fingerprint density at radius 1 is 1.35 bits per heavy atom. The van der Waals surface area contributed by atoms with Crippen molar-refractivity contribution in [3.63, 3.8) is 0 Å². The van der Waals surface area contributed by atoms with E-state index < -0.39 is 5.97 Å². The number of aryl methyl sites for hydroxylation is 1. The lowest BCUT2D eigenvalue weighted by atomic mass is 10.0. The van der Waals surface area contributed by atoms with Crippen LogP contribution in [0.5, 0.6) is 0 Å². The van der Waals surface area contributed by atoms with Crippen LogP contribution in [-0.4, -0.2) is 28.5 Å². The third-order valence-corrected chi connectivity index (χ3v) is 2.88. The number of hydrogen-bond donors (Lipinski definition) is 2. The van der Waals surface area contributed by atoms with E-state index in [4.69, 9.17) is 9.52 Å². The van der Waals surface area contributed by atoms with Crippen LogP contribution in [0.25, 0.3) is 0 Å². The van der Waals surface area contributed by atoms with Gasteiger partial charge in [-0.2, -0.15) is 0 Å². The quantitative estimate of drug-likeness (QED) is 0.864. The van der Waals surface area contributed by atoms with Crippen LogP contribution in [0.1, 0.15) is 32.2 Å². The Morgan fingerprint density at radius 2 is 2.10 bits per heavy atom. The SMILES string of the molecule is Cc1ncoc1C(=O)NCCc1ccccc1C(=O)O. The van der Waals surface area contributed by atoms with E-state index in [1.54, 1.807) is 31.2 Å². The van der Waals surface area contributed by atoms with Crippen molar-refractivity contribution in [2.24, 2.45) is 0 Å². The van der Waals surface area contributed by atoms with Gasteiger partial charge in [0.05, 0.1) is 11.3 Å². The summed E-state index contributed by atoms with van der Waals surface area (Å²) in [5, 5.41) is 11.7. The minimum atomic E-state index is -0.974. The fourth-order valence-corrected chi connectivity index (χ4v) is 1.86. The van der Waals surface area contributed by atoms with E-state index in [2.05, 4.69) is 10.3 Å². The Morgan fingerprint density at radius 3 is 2.75 bits per heavy atom. The number of amides is 1. The lowest BCUT2D eigenvalue weighted by Crippen LogP contribution is -2.26. The van der Waals surface area contributed by atoms with Crippen molar-refractivity contribution < 1.29 is 19.1 Å². The first-order valence-electron chi connectivity index (χ1n) is 6.09. The Balaban J connectivity index is 1.95. The highest BCUT2D eigenvalue weighted by Gasteiger charge is 2.14. The molecule has 6 heteroatoms. The van der Waals surface area contributed by atoms with Gasteiger partial charge in [0.25, 0.3) is 5.91 Å². The van der Waals surface area contributed by atoms with E-state index in [0.717, 1.165) is 0 Å². The molecule has 1 aromatic carbocycles. The zero-order chi connectivity index (χ0) is 14.5. The number of oxazole rings is 1. The van der Waals surface area contributed by atoms with Gasteiger partial charge < -0.3 is 14.8 Å². The number of nitrogens with one attached hydrogen (secondary N) is 1. The summed E-state index contributed by atoms with van der Waals surface area (Å²) in [6.07, 6.45) is 1.64. The molecule has 0 aliphatic rings. The molecule has 0 aliphatic heterocycles. The van der Waals surface area contributed by atoms with Gasteiger partial charge in [-0.25, -0.2) is 9.78 Å². The van der Waals surface area contributed by atoms with Crippen LogP contribution < -0.4 is 5.32 Å². The first-order chi connectivity index (χ1) is 9.59. The van der Waals surface area contributed by atoms with Crippen molar-refractivity contribution in [2.45, 2.75) is 13.3 Å². The second-order valence-electron chi connectivity index (χ2n) is 4.24. The monoisotopic (exact) mass is 274 g/mol. The second kappa shape index (κ2) is 6.01. The first-order valence-corrected chi connectivity index (χ1v) is 6.09. The molecule has 0 aliphatic carbocycles. The van der Waals surface area contributed by atoms with Crippen LogP contribution in [0.4, 0.5) is 0 Å². The zero-order valence-electron chi connectivity index (χ0n) is 10.9. The summed E-state index contributed by atoms with van der Waals surface area (Å²) < 4.78 is 4.97. The van der Waals surface area contributed by atoms with Crippen LogP contribution in [-0.2, 0) is 6.42 Å². The Labute approximate surface area is 115 Å². The van der Waals surface area contributed by atoms with Crippen LogP contribution in [0.3, 0.4) is 0 Å². The lowest BCUT2D eigenvalue weighted by Gasteiger charge is -2.06. The maximum Gasteiger partial charge on any atom is 0.335 e. The number of carboxylic acids is 1. The van der Waals surface area contributed by atoms with Gasteiger partial charge in [-0.15, -0.1) is 0 Å². The van der Waals surface area contributed by atoms with Crippen LogP contribution in [0.15, 0.2) is 35.1 Å². The molecule has 6 nitrogen and oxygen atoms in total. The number of hydrogen-bond acceptors (Lipinski definition) is 4. The largest absolute Gasteiger partial charge is 0.478 e. The highest BCUT2D eigenvalue weighted by Crippen LogP contribution is 2.09. The van der Waals surface area contributed by atoms with Crippen molar-refractivity contribution >= 4 is 11.9 Å². The molecule has 1 heterocycles. The number of carbonyl (C=O) groups is 2. The molecule has 0 radical (unpaired) electrons. The van der Waals surface area contributed by atoms with Crippen LogP contribution >= 0.6 is 0 Å². The van der Waals surface area contributed by atoms with E-state index >= 15 is 0 Å². The normalized spacial score (nSPS) is 10.2. The van der Waals surface area contributed by atoms with Gasteiger partial charge >= 0.3 is 5.97 Å². The number of rotatable bonds is 5. The highest BCUT2D eigenvalue weighted by molar-refractivity contribution is 5.92. The molecule has 0 saturated heterocycles. The van der Waals surface area contributed by atoms with Crippen LogP contribution in [0, 0.1) is 6.92 Å². The molecule has 2 rings (SSSR count). The number of benzene rings is 1. The minimum Gasteiger partial charge on any atom is -0.478 e. The van der Waals surface area contributed by atoms with E-state index in [-0.39, 0.29) is 17.2 Å². The van der Waals surface area contributed by atoms with Crippen molar-refractivity contribution in [3.05, 3.63) is 53.2 Å². The van der Waals surface area contributed by atoms with Crippen molar-refractivity contribution in [2.75, 3.05) is 6.54 Å². The number of aromatic carboxylic acids is 1. The fourth-order valence-electron chi connectivity index (χ4n) is 1.86. The van der Waals surface area contributed by atoms with E-state index in [1.807, 2.05) is 0 Å². The fraction of sp³-hybridized carbons (Fsp3) is 0.214. The minimum absolute atomic E-state index is 0.177. The van der Waals surface area contributed by atoms with E-state index in [1.165, 1.54) is 6.39 Å². The van der Waals surface area contributed by atoms with Crippen molar-refractivity contribution in [1.82, 2.24) is 10.3 Å². The van der Waals surface area contributed by atoms with Crippen LogP contribution in [0.2, 0.25) is 0 Å². The summed E-state index contributed by atoms with van der Waals surface area (Å²) in [6.45, 7) is 2.00. The molecule has 0 unspecified atom stereocenters. The van der Waals surface area contributed by atoms with Gasteiger partial charge in [-0.3, -0.25) is 4.79 Å². The molecule has 20 heavy (non-hydrogen) atoms. The molecule has 2 aromatic rings. The maximum absolute atomic E-state index is 11.8. The summed E-state index contributed by atoms with van der Waals surface area (Å²) in [5.74, 6) is -1.15. The van der Waals surface area contributed by atoms with Crippen molar-refractivity contribution in [1.29, 1.82) is 0 Å². The van der Waals surface area contributed by atoms with E-state index in [9.17, 15) is 9.59 Å². The average molecular weight is 274 g/mol. The predicted molar refractivity (Wildman–Crippen MR) is 70.7 cm³/mol. The summed E-state index contributed by atoms with van der Waals surface area (Å²) in [4.78, 5) is 26.7. The molecular weight excluding hydrogens is 260 g/mol. The van der Waals surface area contributed by atoms with Gasteiger partial charge in [0.1, 0.15) is 0 Å². The summed E-state index contributed by atoms with van der Waals surface area (Å²) >= 11 is 0.